The molecule has 0 bridgehead atoms. The van der Waals surface area contributed by atoms with E-state index in [1.807, 2.05) is 25.1 Å². The summed E-state index contributed by atoms with van der Waals surface area (Å²) in [4.78, 5) is 32.6. The van der Waals surface area contributed by atoms with Crippen molar-refractivity contribution >= 4 is 16.8 Å². The van der Waals surface area contributed by atoms with E-state index in [1.54, 1.807) is 18.2 Å². The van der Waals surface area contributed by atoms with Gasteiger partial charge < -0.3 is 10.1 Å². The molecule has 0 radical (unpaired) electrons. The average molecular weight is 418 g/mol. The fourth-order valence-electron chi connectivity index (χ4n) is 3.77. The summed E-state index contributed by atoms with van der Waals surface area (Å²) in [5.41, 5.74) is 2.54. The van der Waals surface area contributed by atoms with Crippen molar-refractivity contribution in [3.8, 4) is 11.4 Å². The predicted molar refractivity (Wildman–Crippen MR) is 119 cm³/mol. The predicted octanol–water partition coefficient (Wildman–Crippen LogP) is 2.67. The average Bonchev–Trinajstić information content (AvgIpc) is 3.55. The first kappa shape index (κ1) is 19.8. The fourth-order valence-corrected chi connectivity index (χ4v) is 3.77. The zero-order valence-electron chi connectivity index (χ0n) is 17.6. The number of ether oxygens (including phenoxy) is 1. The standard InChI is InChI=1S/C24H26N4O3/c1-16-3-4-17(23(29)26-18-5-6-18)13-22(16)28-15-25-21-8-7-19(14-20(21)24(28)30)31-12-11-27-9-2-10-27/h3-4,7-8,13-15,18H,2,5-6,9-12H2,1H3,(H,26,29). The summed E-state index contributed by atoms with van der Waals surface area (Å²) in [6.45, 7) is 5.67. The van der Waals surface area contributed by atoms with E-state index in [2.05, 4.69) is 15.2 Å². The van der Waals surface area contributed by atoms with Gasteiger partial charge in [0, 0.05) is 18.2 Å². The Labute approximate surface area is 180 Å². The Hall–Kier alpha value is -3.19. The molecule has 3 aromatic rings. The second-order valence-corrected chi connectivity index (χ2v) is 8.39. The number of fused-ring (bicyclic) bond motifs is 1. The maximum Gasteiger partial charge on any atom is 0.265 e. The summed E-state index contributed by atoms with van der Waals surface area (Å²) in [5.74, 6) is 0.558. The van der Waals surface area contributed by atoms with Crippen LogP contribution >= 0.6 is 0 Å². The number of carbonyl (C=O) groups excluding carboxylic acids is 1. The van der Waals surface area contributed by atoms with Crippen LogP contribution in [0.25, 0.3) is 16.6 Å². The minimum absolute atomic E-state index is 0.108. The molecule has 160 valence electrons. The number of hydrogen-bond donors (Lipinski definition) is 1. The molecule has 1 aromatic heterocycles. The molecular formula is C24H26N4O3. The maximum absolute atomic E-state index is 13.3. The topological polar surface area (TPSA) is 76.5 Å². The number of nitrogens with one attached hydrogen (secondary N) is 1. The minimum Gasteiger partial charge on any atom is -0.492 e. The van der Waals surface area contributed by atoms with Gasteiger partial charge in [0.1, 0.15) is 18.7 Å². The summed E-state index contributed by atoms with van der Waals surface area (Å²) >= 11 is 0. The van der Waals surface area contributed by atoms with Gasteiger partial charge in [-0.1, -0.05) is 6.07 Å². The summed E-state index contributed by atoms with van der Waals surface area (Å²) in [5, 5.41) is 3.49. The van der Waals surface area contributed by atoms with Gasteiger partial charge in [0.2, 0.25) is 0 Å². The number of rotatable bonds is 7. The molecule has 2 fully saturated rings. The zero-order valence-corrected chi connectivity index (χ0v) is 17.6. The molecule has 1 saturated carbocycles. The van der Waals surface area contributed by atoms with Crippen LogP contribution in [-0.2, 0) is 0 Å². The van der Waals surface area contributed by atoms with Gasteiger partial charge in [-0.25, -0.2) is 4.98 Å². The molecule has 0 spiro atoms. The number of likely N-dealkylation sites (tertiary alicyclic amines) is 1. The van der Waals surface area contributed by atoms with Crippen molar-refractivity contribution in [2.45, 2.75) is 32.2 Å². The van der Waals surface area contributed by atoms with E-state index >= 15 is 0 Å². The van der Waals surface area contributed by atoms with Gasteiger partial charge in [-0.3, -0.25) is 19.1 Å². The first-order valence-electron chi connectivity index (χ1n) is 10.9. The molecule has 1 N–H and O–H groups in total. The van der Waals surface area contributed by atoms with Gasteiger partial charge in [-0.15, -0.1) is 0 Å². The molecule has 1 aliphatic heterocycles. The number of amides is 1. The molecule has 5 rings (SSSR count). The Bertz CT molecular complexity index is 1200. The SMILES string of the molecule is Cc1ccc(C(=O)NC2CC2)cc1-n1cnc2ccc(OCCN3CCC3)cc2c1=O. The number of aryl methyl sites for hydroxylation is 1. The minimum atomic E-state index is -0.180. The molecule has 0 unspecified atom stereocenters. The maximum atomic E-state index is 13.3. The molecule has 1 amide bonds. The van der Waals surface area contributed by atoms with Crippen LogP contribution in [0.15, 0.2) is 47.5 Å². The molecule has 1 saturated heterocycles. The highest BCUT2D eigenvalue weighted by Crippen LogP contribution is 2.22. The quantitative estimate of drug-likeness (QED) is 0.638. The van der Waals surface area contributed by atoms with Crippen molar-refractivity contribution in [1.82, 2.24) is 19.8 Å². The van der Waals surface area contributed by atoms with E-state index in [-0.39, 0.29) is 17.5 Å². The normalized spacial score (nSPS) is 16.2. The Kier molecular flexibility index (Phi) is 5.19. The summed E-state index contributed by atoms with van der Waals surface area (Å²) in [7, 11) is 0. The van der Waals surface area contributed by atoms with Crippen LogP contribution in [0.3, 0.4) is 0 Å². The number of aromatic nitrogens is 2. The van der Waals surface area contributed by atoms with E-state index < -0.39 is 0 Å². The van der Waals surface area contributed by atoms with Crippen molar-refractivity contribution in [2.24, 2.45) is 0 Å². The van der Waals surface area contributed by atoms with Crippen molar-refractivity contribution in [3.63, 3.8) is 0 Å². The number of hydrogen-bond acceptors (Lipinski definition) is 5. The largest absolute Gasteiger partial charge is 0.492 e. The molecule has 7 heteroatoms. The Morgan fingerprint density at radius 3 is 2.77 bits per heavy atom. The summed E-state index contributed by atoms with van der Waals surface area (Å²) < 4.78 is 7.38. The highest BCUT2D eigenvalue weighted by molar-refractivity contribution is 5.95. The van der Waals surface area contributed by atoms with Crippen LogP contribution in [0.2, 0.25) is 0 Å². The molecule has 1 aliphatic carbocycles. The molecule has 0 atom stereocenters. The first-order chi connectivity index (χ1) is 15.1. The lowest BCUT2D eigenvalue weighted by Crippen LogP contribution is -2.39. The third-order valence-corrected chi connectivity index (χ3v) is 6.00. The lowest BCUT2D eigenvalue weighted by molar-refractivity contribution is 0.0951. The van der Waals surface area contributed by atoms with E-state index in [1.165, 1.54) is 17.3 Å². The van der Waals surface area contributed by atoms with Crippen LogP contribution < -0.4 is 15.6 Å². The van der Waals surface area contributed by atoms with Gasteiger partial charge in [0.05, 0.1) is 16.6 Å². The van der Waals surface area contributed by atoms with E-state index in [0.29, 0.717) is 34.5 Å². The third-order valence-electron chi connectivity index (χ3n) is 6.00. The lowest BCUT2D eigenvalue weighted by atomic mass is 10.1. The monoisotopic (exact) mass is 418 g/mol. The van der Waals surface area contributed by atoms with Gasteiger partial charge in [-0.2, -0.15) is 0 Å². The van der Waals surface area contributed by atoms with E-state index in [0.717, 1.165) is 38.0 Å². The number of benzene rings is 2. The van der Waals surface area contributed by atoms with Crippen molar-refractivity contribution in [2.75, 3.05) is 26.2 Å². The highest BCUT2D eigenvalue weighted by Gasteiger charge is 2.24. The van der Waals surface area contributed by atoms with Gasteiger partial charge in [0.25, 0.3) is 11.5 Å². The van der Waals surface area contributed by atoms with E-state index in [9.17, 15) is 9.59 Å². The zero-order chi connectivity index (χ0) is 21.4. The van der Waals surface area contributed by atoms with Crippen molar-refractivity contribution in [1.29, 1.82) is 0 Å². The third kappa shape index (κ3) is 4.18. The lowest BCUT2D eigenvalue weighted by Gasteiger charge is -2.30. The summed E-state index contributed by atoms with van der Waals surface area (Å²) in [6, 6.07) is 11.1. The first-order valence-corrected chi connectivity index (χ1v) is 10.9. The van der Waals surface area contributed by atoms with Crippen LogP contribution in [0.5, 0.6) is 5.75 Å². The van der Waals surface area contributed by atoms with Crippen LogP contribution in [0.1, 0.15) is 35.2 Å². The van der Waals surface area contributed by atoms with Crippen molar-refractivity contribution in [3.05, 3.63) is 64.2 Å². The fraction of sp³-hybridized carbons (Fsp3) is 0.375. The van der Waals surface area contributed by atoms with Gasteiger partial charge in [-0.05, 0) is 75.2 Å². The second-order valence-electron chi connectivity index (χ2n) is 8.39. The highest BCUT2D eigenvalue weighted by atomic mass is 16.5. The van der Waals surface area contributed by atoms with E-state index in [4.69, 9.17) is 4.74 Å². The van der Waals surface area contributed by atoms with Crippen LogP contribution in [-0.4, -0.2) is 52.6 Å². The Balaban J connectivity index is 1.44. The number of carbonyl (C=O) groups is 1. The van der Waals surface area contributed by atoms with Crippen LogP contribution in [0.4, 0.5) is 0 Å². The molecule has 31 heavy (non-hydrogen) atoms. The number of nitrogens with zero attached hydrogens (tertiary/aromatic N) is 3. The van der Waals surface area contributed by atoms with Crippen molar-refractivity contribution < 1.29 is 9.53 Å². The van der Waals surface area contributed by atoms with Crippen LogP contribution in [0, 0.1) is 6.92 Å². The molecule has 7 nitrogen and oxygen atoms in total. The van der Waals surface area contributed by atoms with Gasteiger partial charge >= 0.3 is 0 Å². The second kappa shape index (κ2) is 8.15. The Morgan fingerprint density at radius 1 is 1.19 bits per heavy atom. The molecular weight excluding hydrogens is 392 g/mol. The molecule has 2 heterocycles. The smallest absolute Gasteiger partial charge is 0.265 e. The molecule has 2 aromatic carbocycles. The van der Waals surface area contributed by atoms with Gasteiger partial charge in [0.15, 0.2) is 0 Å². The summed E-state index contributed by atoms with van der Waals surface area (Å²) in [6.07, 6.45) is 4.84. The Morgan fingerprint density at radius 2 is 2.03 bits per heavy atom. The molecule has 2 aliphatic rings.